The number of hydrogen-bond acceptors (Lipinski definition) is 4. The van der Waals surface area contributed by atoms with Gasteiger partial charge in [-0.15, -0.1) is 0 Å². The Balaban J connectivity index is 2.07. The lowest BCUT2D eigenvalue weighted by molar-refractivity contribution is -0.135. The van der Waals surface area contributed by atoms with Crippen LogP contribution < -0.4 is 20.1 Å². The Morgan fingerprint density at radius 1 is 0.885 bits per heavy atom. The van der Waals surface area contributed by atoms with Gasteiger partial charge in [-0.25, -0.2) is 0 Å². The van der Waals surface area contributed by atoms with E-state index >= 15 is 0 Å². The van der Waals surface area contributed by atoms with Gasteiger partial charge in [0.1, 0.15) is 16.9 Å². The van der Waals surface area contributed by atoms with Crippen molar-refractivity contribution in [2.75, 3.05) is 24.9 Å². The van der Waals surface area contributed by atoms with Crippen molar-refractivity contribution in [3.05, 3.63) is 47.5 Å². The molecule has 2 rings (SSSR count). The molecule has 0 unspecified atom stereocenters. The summed E-state index contributed by atoms with van der Waals surface area (Å²) in [6.07, 6.45) is 0. The molecule has 2 aromatic carbocycles. The van der Waals surface area contributed by atoms with Crippen LogP contribution in [0.2, 0.25) is 5.02 Å². The molecule has 0 spiro atoms. The van der Waals surface area contributed by atoms with E-state index < -0.39 is 17.2 Å². The molecule has 0 saturated heterocycles. The standard InChI is InChI=1S/C19H21ClN2O4/c1-19(2,17(23)21-12-5-8-14(25-3)9-6-12)18(24)22-13-7-10-16(26-4)15(20)11-13/h5-11H,1-4H3,(H,21,23)(H,22,24). The van der Waals surface area contributed by atoms with Crippen LogP contribution in [0.3, 0.4) is 0 Å². The van der Waals surface area contributed by atoms with Gasteiger partial charge >= 0.3 is 0 Å². The van der Waals surface area contributed by atoms with Gasteiger partial charge in [-0.2, -0.15) is 0 Å². The van der Waals surface area contributed by atoms with E-state index in [0.717, 1.165) is 0 Å². The Morgan fingerprint density at radius 2 is 1.42 bits per heavy atom. The molecule has 7 heteroatoms. The van der Waals surface area contributed by atoms with E-state index in [-0.39, 0.29) is 0 Å². The van der Waals surface area contributed by atoms with Gasteiger partial charge in [0, 0.05) is 11.4 Å². The van der Waals surface area contributed by atoms with Gasteiger partial charge in [-0.1, -0.05) is 11.6 Å². The quantitative estimate of drug-likeness (QED) is 0.748. The molecule has 0 heterocycles. The minimum atomic E-state index is -1.30. The number of benzene rings is 2. The summed E-state index contributed by atoms with van der Waals surface area (Å²) in [5.74, 6) is 0.294. The number of methoxy groups -OCH3 is 2. The largest absolute Gasteiger partial charge is 0.497 e. The third-order valence-corrected chi connectivity index (χ3v) is 4.19. The molecule has 2 N–H and O–H groups in total. The average molecular weight is 377 g/mol. The first-order valence-corrected chi connectivity index (χ1v) is 8.26. The van der Waals surface area contributed by atoms with Gasteiger partial charge in [0.25, 0.3) is 0 Å². The number of carbonyl (C=O) groups excluding carboxylic acids is 2. The maximum Gasteiger partial charge on any atom is 0.239 e. The minimum absolute atomic E-state index is 0.366. The van der Waals surface area contributed by atoms with Crippen LogP contribution in [0.15, 0.2) is 42.5 Å². The molecule has 0 radical (unpaired) electrons. The maximum absolute atomic E-state index is 12.6. The van der Waals surface area contributed by atoms with Crippen molar-refractivity contribution in [3.8, 4) is 11.5 Å². The third-order valence-electron chi connectivity index (χ3n) is 3.89. The molecular weight excluding hydrogens is 356 g/mol. The minimum Gasteiger partial charge on any atom is -0.497 e. The summed E-state index contributed by atoms with van der Waals surface area (Å²) in [5.41, 5.74) is -0.248. The summed E-state index contributed by atoms with van der Waals surface area (Å²) < 4.78 is 10.2. The second kappa shape index (κ2) is 8.10. The van der Waals surface area contributed by atoms with Crippen molar-refractivity contribution in [1.82, 2.24) is 0 Å². The number of hydrogen-bond donors (Lipinski definition) is 2. The van der Waals surface area contributed by atoms with Crippen molar-refractivity contribution < 1.29 is 19.1 Å². The first kappa shape index (κ1) is 19.6. The summed E-state index contributed by atoms with van der Waals surface area (Å²) >= 11 is 6.06. The first-order valence-electron chi connectivity index (χ1n) is 7.88. The Kier molecular flexibility index (Phi) is 6.10. The van der Waals surface area contributed by atoms with Crippen LogP contribution in [0.5, 0.6) is 11.5 Å². The SMILES string of the molecule is COc1ccc(NC(=O)C(C)(C)C(=O)Nc2ccc(OC)c(Cl)c2)cc1. The fourth-order valence-electron chi connectivity index (χ4n) is 2.10. The third kappa shape index (κ3) is 4.46. The van der Waals surface area contributed by atoms with E-state index in [2.05, 4.69) is 10.6 Å². The number of carbonyl (C=O) groups is 2. The molecule has 26 heavy (non-hydrogen) atoms. The van der Waals surface area contributed by atoms with E-state index in [1.165, 1.54) is 7.11 Å². The number of halogens is 1. The van der Waals surface area contributed by atoms with Gasteiger partial charge in [0.2, 0.25) is 11.8 Å². The molecule has 0 aliphatic carbocycles. The van der Waals surface area contributed by atoms with Crippen LogP contribution in [-0.4, -0.2) is 26.0 Å². The van der Waals surface area contributed by atoms with E-state index in [0.29, 0.717) is 27.9 Å². The number of ether oxygens (including phenoxy) is 2. The molecule has 0 fully saturated rings. The molecule has 0 aliphatic rings. The predicted molar refractivity (Wildman–Crippen MR) is 102 cm³/mol. The number of amides is 2. The van der Waals surface area contributed by atoms with Gasteiger partial charge in [0.05, 0.1) is 19.2 Å². The fraction of sp³-hybridized carbons (Fsp3) is 0.263. The van der Waals surface area contributed by atoms with E-state index in [1.807, 2.05) is 0 Å². The van der Waals surface area contributed by atoms with Crippen LogP contribution >= 0.6 is 11.6 Å². The van der Waals surface area contributed by atoms with Gasteiger partial charge < -0.3 is 20.1 Å². The fourth-order valence-corrected chi connectivity index (χ4v) is 2.35. The Labute approximate surface area is 157 Å². The van der Waals surface area contributed by atoms with Crippen LogP contribution in [0, 0.1) is 5.41 Å². The number of anilines is 2. The summed E-state index contributed by atoms with van der Waals surface area (Å²) in [7, 11) is 3.07. The maximum atomic E-state index is 12.6. The smallest absolute Gasteiger partial charge is 0.239 e. The predicted octanol–water partition coefficient (Wildman–Crippen LogP) is 3.96. The normalized spacial score (nSPS) is 10.8. The molecule has 0 atom stereocenters. The zero-order valence-electron chi connectivity index (χ0n) is 15.1. The first-order chi connectivity index (χ1) is 12.3. The molecule has 0 saturated carbocycles. The zero-order valence-corrected chi connectivity index (χ0v) is 15.8. The molecular formula is C19H21ClN2O4. The molecule has 6 nitrogen and oxygen atoms in total. The summed E-state index contributed by atoms with van der Waals surface area (Å²) in [4.78, 5) is 25.1. The Hall–Kier alpha value is -2.73. The highest BCUT2D eigenvalue weighted by Gasteiger charge is 2.36. The Bertz CT molecular complexity index is 804. The van der Waals surface area contributed by atoms with Crippen molar-refractivity contribution >= 4 is 34.8 Å². The van der Waals surface area contributed by atoms with Crippen molar-refractivity contribution in [2.24, 2.45) is 5.41 Å². The lowest BCUT2D eigenvalue weighted by Crippen LogP contribution is -2.41. The van der Waals surface area contributed by atoms with E-state index in [9.17, 15) is 9.59 Å². The summed E-state index contributed by atoms with van der Waals surface area (Å²) in [6.45, 7) is 3.10. The van der Waals surface area contributed by atoms with Crippen molar-refractivity contribution in [3.63, 3.8) is 0 Å². The van der Waals surface area contributed by atoms with Crippen LogP contribution in [0.1, 0.15) is 13.8 Å². The average Bonchev–Trinajstić information content (AvgIpc) is 2.62. The second-order valence-corrected chi connectivity index (χ2v) is 6.52. The number of nitrogens with one attached hydrogen (secondary N) is 2. The van der Waals surface area contributed by atoms with Crippen LogP contribution in [0.4, 0.5) is 11.4 Å². The van der Waals surface area contributed by atoms with Crippen LogP contribution in [-0.2, 0) is 9.59 Å². The molecule has 0 aliphatic heterocycles. The highest BCUT2D eigenvalue weighted by Crippen LogP contribution is 2.29. The molecule has 0 aromatic heterocycles. The lowest BCUT2D eigenvalue weighted by atomic mass is 9.90. The monoisotopic (exact) mass is 376 g/mol. The topological polar surface area (TPSA) is 76.7 Å². The molecule has 2 amide bonds. The Morgan fingerprint density at radius 3 is 1.92 bits per heavy atom. The highest BCUT2D eigenvalue weighted by atomic mass is 35.5. The van der Waals surface area contributed by atoms with Crippen LogP contribution in [0.25, 0.3) is 0 Å². The van der Waals surface area contributed by atoms with E-state index in [1.54, 1.807) is 63.4 Å². The van der Waals surface area contributed by atoms with Crippen molar-refractivity contribution in [2.45, 2.75) is 13.8 Å². The zero-order chi connectivity index (χ0) is 19.3. The summed E-state index contributed by atoms with van der Waals surface area (Å²) in [6, 6.07) is 11.7. The van der Waals surface area contributed by atoms with Gasteiger partial charge in [-0.05, 0) is 56.3 Å². The molecule has 138 valence electrons. The summed E-state index contributed by atoms with van der Waals surface area (Å²) in [5, 5.41) is 5.79. The molecule has 2 aromatic rings. The van der Waals surface area contributed by atoms with Gasteiger partial charge in [-0.3, -0.25) is 9.59 Å². The second-order valence-electron chi connectivity index (χ2n) is 6.11. The van der Waals surface area contributed by atoms with Gasteiger partial charge in [0.15, 0.2) is 0 Å². The van der Waals surface area contributed by atoms with Crippen molar-refractivity contribution in [1.29, 1.82) is 0 Å². The number of rotatable bonds is 6. The lowest BCUT2D eigenvalue weighted by Gasteiger charge is -2.23. The highest BCUT2D eigenvalue weighted by molar-refractivity contribution is 6.32. The van der Waals surface area contributed by atoms with E-state index in [4.69, 9.17) is 21.1 Å². The molecule has 0 bridgehead atoms.